The summed E-state index contributed by atoms with van der Waals surface area (Å²) >= 11 is 0. The monoisotopic (exact) mass is 540 g/mol. The Morgan fingerprint density at radius 1 is 0.269 bits per heavy atom. The smallest absolute Gasteiger partial charge is 0.855 e. The van der Waals surface area contributed by atoms with Crippen LogP contribution in [0.2, 0.25) is 0 Å². The number of hydrogen-bond acceptors (Lipinski definition) is 8. The van der Waals surface area contributed by atoms with Crippen molar-refractivity contribution in [2.45, 2.75) is 55.4 Å². The second kappa shape index (κ2) is 192. The molecule has 0 bridgehead atoms. The van der Waals surface area contributed by atoms with Crippen LogP contribution in [0, 0.1) is 0 Å². The Morgan fingerprint density at radius 2 is 0.269 bits per heavy atom. The fourth-order valence-corrected chi connectivity index (χ4v) is 0. The zero-order valence-corrected chi connectivity index (χ0v) is 22.8. The molecule has 0 spiro atoms. The average molecular weight is 543 g/mol. The standard InChI is InChI=1S/8C2H5O.2Zr/c8*1-2-3;;/h8*2H2,1H3;;/q8*-1;2*+4. The molecule has 10 heteroatoms. The molecule has 0 aromatic carbocycles. The Hall–Kier alpha value is 1.45. The molecule has 0 saturated carbocycles. The molecule has 0 radical (unpaired) electrons. The largest absolute Gasteiger partial charge is 4.00 e. The van der Waals surface area contributed by atoms with Crippen LogP contribution in [0.5, 0.6) is 0 Å². The van der Waals surface area contributed by atoms with Gasteiger partial charge in [-0.3, -0.25) is 0 Å². The average Bonchev–Trinajstić information content (AvgIpc) is 2.45. The second-order valence-corrected chi connectivity index (χ2v) is 2.31. The minimum atomic E-state index is 0. The van der Waals surface area contributed by atoms with E-state index in [1.807, 2.05) is 0 Å². The van der Waals surface area contributed by atoms with E-state index in [-0.39, 0.29) is 105 Å². The van der Waals surface area contributed by atoms with Gasteiger partial charge in [0.1, 0.15) is 0 Å². The minimum absolute atomic E-state index is 0. The fourth-order valence-electron chi connectivity index (χ4n) is 0. The molecule has 0 N–H and O–H groups in total. The Labute approximate surface area is 200 Å². The molecule has 26 heavy (non-hydrogen) atoms. The summed E-state index contributed by atoms with van der Waals surface area (Å²) in [7, 11) is 0. The summed E-state index contributed by atoms with van der Waals surface area (Å²) < 4.78 is 0. The van der Waals surface area contributed by atoms with E-state index in [0.29, 0.717) is 0 Å². The van der Waals surface area contributed by atoms with Gasteiger partial charge < -0.3 is 40.9 Å². The van der Waals surface area contributed by atoms with Gasteiger partial charge in [0.05, 0.1) is 0 Å². The summed E-state index contributed by atoms with van der Waals surface area (Å²) in [6.07, 6.45) is 0. The summed E-state index contributed by atoms with van der Waals surface area (Å²) in [6.45, 7) is 12.6. The van der Waals surface area contributed by atoms with Crippen LogP contribution in [0.4, 0.5) is 0 Å². The van der Waals surface area contributed by atoms with Crippen molar-refractivity contribution in [2.75, 3.05) is 52.9 Å². The van der Waals surface area contributed by atoms with E-state index < -0.39 is 0 Å². The van der Waals surface area contributed by atoms with Gasteiger partial charge in [-0.25, -0.2) is 0 Å². The van der Waals surface area contributed by atoms with Gasteiger partial charge in [0.2, 0.25) is 0 Å². The van der Waals surface area contributed by atoms with E-state index in [0.717, 1.165) is 0 Å². The molecule has 0 aromatic heterocycles. The molecule has 0 rings (SSSR count). The van der Waals surface area contributed by atoms with E-state index in [1.54, 1.807) is 55.4 Å². The van der Waals surface area contributed by atoms with Crippen molar-refractivity contribution < 1.29 is 93.3 Å². The molecule has 0 aliphatic carbocycles. The van der Waals surface area contributed by atoms with Gasteiger partial charge in [-0.2, -0.15) is 0 Å². The van der Waals surface area contributed by atoms with E-state index in [1.165, 1.54) is 0 Å². The molecular formula is C16H40O8Zr2. The molecular weight excluding hydrogens is 503 g/mol. The van der Waals surface area contributed by atoms with Gasteiger partial charge in [0.15, 0.2) is 0 Å². The topological polar surface area (TPSA) is 184 Å². The van der Waals surface area contributed by atoms with Gasteiger partial charge in [-0.05, 0) is 0 Å². The normalized spacial score (nSPS) is 5.54. The summed E-state index contributed by atoms with van der Waals surface area (Å²) in [6, 6.07) is 0. The molecule has 0 unspecified atom stereocenters. The van der Waals surface area contributed by atoms with Crippen LogP contribution in [0.3, 0.4) is 0 Å². The molecule has 8 nitrogen and oxygen atoms in total. The Bertz CT molecular complexity index is 56.2. The van der Waals surface area contributed by atoms with Crippen molar-refractivity contribution >= 4 is 0 Å². The minimum Gasteiger partial charge on any atom is -0.855 e. The van der Waals surface area contributed by atoms with Gasteiger partial charge in [-0.15, -0.1) is 52.9 Å². The quantitative estimate of drug-likeness (QED) is 0.291. The van der Waals surface area contributed by atoms with Crippen LogP contribution >= 0.6 is 0 Å². The van der Waals surface area contributed by atoms with Crippen molar-refractivity contribution in [1.29, 1.82) is 0 Å². The Kier molecular flexibility index (Phi) is 466. The molecule has 0 aromatic rings. The van der Waals surface area contributed by atoms with E-state index >= 15 is 0 Å². The number of hydrogen-bond donors (Lipinski definition) is 0. The van der Waals surface area contributed by atoms with Gasteiger partial charge >= 0.3 is 52.4 Å². The SMILES string of the molecule is CC[O-].CC[O-].CC[O-].CC[O-].CC[O-].CC[O-].CC[O-].CC[O-].[Zr+4].[Zr+4]. The van der Waals surface area contributed by atoms with Crippen LogP contribution < -0.4 is 40.9 Å². The predicted molar refractivity (Wildman–Crippen MR) is 84.3 cm³/mol. The van der Waals surface area contributed by atoms with Crippen molar-refractivity contribution in [3.8, 4) is 0 Å². The van der Waals surface area contributed by atoms with Crippen LogP contribution in [-0.4, -0.2) is 52.9 Å². The second-order valence-electron chi connectivity index (χ2n) is 2.31. The van der Waals surface area contributed by atoms with E-state index in [9.17, 15) is 0 Å². The zero-order chi connectivity index (χ0) is 21.7. The maximum Gasteiger partial charge on any atom is 4.00 e. The summed E-state index contributed by atoms with van der Waals surface area (Å²) in [4.78, 5) is 0. The maximum absolute atomic E-state index is 8.93. The van der Waals surface area contributed by atoms with Gasteiger partial charge in [0, 0.05) is 0 Å². The first-order valence-corrected chi connectivity index (χ1v) is 7.97. The molecule has 160 valence electrons. The van der Waals surface area contributed by atoms with Crippen LogP contribution in [0.25, 0.3) is 0 Å². The Morgan fingerprint density at radius 3 is 0.269 bits per heavy atom. The summed E-state index contributed by atoms with van der Waals surface area (Å²) in [5.74, 6) is 0. The third-order valence-electron chi connectivity index (χ3n) is 0. The molecule has 0 aliphatic heterocycles. The Balaban J connectivity index is -0.0000000139. The molecule has 0 amide bonds. The third-order valence-corrected chi connectivity index (χ3v) is 0. The van der Waals surface area contributed by atoms with Crippen LogP contribution in [-0.2, 0) is 52.4 Å². The van der Waals surface area contributed by atoms with E-state index in [4.69, 9.17) is 40.9 Å². The van der Waals surface area contributed by atoms with Crippen LogP contribution in [0.1, 0.15) is 55.4 Å². The van der Waals surface area contributed by atoms with Crippen molar-refractivity contribution in [3.05, 3.63) is 0 Å². The zero-order valence-electron chi connectivity index (χ0n) is 17.9. The molecule has 0 aliphatic rings. The van der Waals surface area contributed by atoms with Crippen molar-refractivity contribution in [3.63, 3.8) is 0 Å². The van der Waals surface area contributed by atoms with E-state index in [2.05, 4.69) is 0 Å². The predicted octanol–water partition coefficient (Wildman–Crippen LogP) is -5.07. The summed E-state index contributed by atoms with van der Waals surface area (Å²) in [5.41, 5.74) is 0. The fraction of sp³-hybridized carbons (Fsp3) is 1.00. The molecule has 0 fully saturated rings. The number of rotatable bonds is 0. The van der Waals surface area contributed by atoms with Crippen molar-refractivity contribution in [2.24, 2.45) is 0 Å². The van der Waals surface area contributed by atoms with Crippen molar-refractivity contribution in [1.82, 2.24) is 0 Å². The first-order valence-electron chi connectivity index (χ1n) is 7.97. The van der Waals surface area contributed by atoms with Gasteiger partial charge in [0.25, 0.3) is 0 Å². The third kappa shape index (κ3) is 7270. The molecule has 0 atom stereocenters. The molecule has 0 heterocycles. The summed E-state index contributed by atoms with van der Waals surface area (Å²) in [5, 5.41) is 71.4. The van der Waals surface area contributed by atoms with Gasteiger partial charge in [-0.1, -0.05) is 55.4 Å². The van der Waals surface area contributed by atoms with Crippen LogP contribution in [0.15, 0.2) is 0 Å². The first-order chi connectivity index (χ1) is 11.3. The first kappa shape index (κ1) is 63.1. The molecule has 0 saturated heterocycles. The maximum atomic E-state index is 8.93.